The molecule has 2 heterocycles. The summed E-state index contributed by atoms with van der Waals surface area (Å²) in [7, 11) is 5.13. The van der Waals surface area contributed by atoms with E-state index in [0.717, 1.165) is 48.4 Å². The van der Waals surface area contributed by atoms with Crippen molar-refractivity contribution in [2.45, 2.75) is 38.5 Å². The number of methoxy groups -OCH3 is 1. The standard InChI is InChI=1S/C24H31N3O3/c1-17-14-18(7-11-22(17)30-4)8-12-23(28)27-13-5-6-20(16-27)21-10-9-19(15-25-21)24(29)26(2)3/h7,9-11,14-15,20H,5-6,8,12-13,16H2,1-4H3/t20-/m1/s1. The number of carbonyl (C=O) groups excluding carboxylic acids is 2. The van der Waals surface area contributed by atoms with Gasteiger partial charge in [-0.3, -0.25) is 14.6 Å². The third-order valence-electron chi connectivity index (χ3n) is 5.72. The molecule has 0 bridgehead atoms. The molecule has 0 unspecified atom stereocenters. The molecule has 6 heteroatoms. The minimum absolute atomic E-state index is 0.0525. The highest BCUT2D eigenvalue weighted by molar-refractivity contribution is 5.93. The predicted molar refractivity (Wildman–Crippen MR) is 117 cm³/mol. The lowest BCUT2D eigenvalue weighted by Crippen LogP contribution is -2.39. The molecule has 0 radical (unpaired) electrons. The zero-order chi connectivity index (χ0) is 21.7. The summed E-state index contributed by atoms with van der Waals surface area (Å²) in [5.74, 6) is 1.22. The molecule has 1 fully saturated rings. The van der Waals surface area contributed by atoms with Crippen molar-refractivity contribution in [3.05, 3.63) is 58.9 Å². The fraction of sp³-hybridized carbons (Fsp3) is 0.458. The summed E-state index contributed by atoms with van der Waals surface area (Å²) in [5, 5.41) is 0. The van der Waals surface area contributed by atoms with Crippen LogP contribution in [-0.2, 0) is 11.2 Å². The van der Waals surface area contributed by atoms with Crippen molar-refractivity contribution in [3.63, 3.8) is 0 Å². The highest BCUT2D eigenvalue weighted by atomic mass is 16.5. The van der Waals surface area contributed by atoms with E-state index in [4.69, 9.17) is 4.74 Å². The normalized spacial score (nSPS) is 16.3. The maximum Gasteiger partial charge on any atom is 0.254 e. The van der Waals surface area contributed by atoms with Crippen molar-refractivity contribution in [2.24, 2.45) is 0 Å². The fourth-order valence-corrected chi connectivity index (χ4v) is 3.98. The van der Waals surface area contributed by atoms with E-state index in [0.29, 0.717) is 18.5 Å². The molecule has 6 nitrogen and oxygen atoms in total. The Labute approximate surface area is 178 Å². The van der Waals surface area contributed by atoms with Crippen molar-refractivity contribution in [1.29, 1.82) is 0 Å². The highest BCUT2D eigenvalue weighted by Gasteiger charge is 2.25. The summed E-state index contributed by atoms with van der Waals surface area (Å²) in [6.07, 6.45) is 4.85. The average molecular weight is 410 g/mol. The van der Waals surface area contributed by atoms with Gasteiger partial charge in [-0.25, -0.2) is 0 Å². The Bertz CT molecular complexity index is 893. The molecule has 3 rings (SSSR count). The monoisotopic (exact) mass is 409 g/mol. The molecule has 1 aromatic heterocycles. The Kier molecular flexibility index (Phi) is 7.08. The first-order valence-electron chi connectivity index (χ1n) is 10.5. The van der Waals surface area contributed by atoms with Gasteiger partial charge in [0.2, 0.25) is 5.91 Å². The number of amides is 2. The van der Waals surface area contributed by atoms with E-state index in [9.17, 15) is 9.59 Å². The van der Waals surface area contributed by atoms with Crippen LogP contribution in [-0.4, -0.2) is 60.9 Å². The van der Waals surface area contributed by atoms with E-state index in [1.54, 1.807) is 32.3 Å². The molecule has 0 N–H and O–H groups in total. The van der Waals surface area contributed by atoms with Crippen LogP contribution in [0, 0.1) is 6.92 Å². The zero-order valence-corrected chi connectivity index (χ0v) is 18.4. The fourth-order valence-electron chi connectivity index (χ4n) is 3.98. The Morgan fingerprint density at radius 1 is 1.23 bits per heavy atom. The van der Waals surface area contributed by atoms with Crippen molar-refractivity contribution < 1.29 is 14.3 Å². The second-order valence-electron chi connectivity index (χ2n) is 8.15. The number of ether oxygens (including phenoxy) is 1. The Morgan fingerprint density at radius 2 is 2.03 bits per heavy atom. The first kappa shape index (κ1) is 21.8. The van der Waals surface area contributed by atoms with Crippen molar-refractivity contribution in [3.8, 4) is 5.75 Å². The second-order valence-corrected chi connectivity index (χ2v) is 8.15. The number of pyridine rings is 1. The van der Waals surface area contributed by atoms with Crippen molar-refractivity contribution >= 4 is 11.8 Å². The molecule has 0 aliphatic carbocycles. The van der Waals surface area contributed by atoms with Gasteiger partial charge >= 0.3 is 0 Å². The van der Waals surface area contributed by atoms with Gasteiger partial charge in [0.05, 0.1) is 12.7 Å². The molecule has 0 saturated carbocycles. The van der Waals surface area contributed by atoms with E-state index >= 15 is 0 Å². The van der Waals surface area contributed by atoms with Crippen molar-refractivity contribution in [2.75, 3.05) is 34.3 Å². The largest absolute Gasteiger partial charge is 0.496 e. The molecule has 1 aliphatic heterocycles. The van der Waals surface area contributed by atoms with Crippen LogP contribution in [0.5, 0.6) is 5.75 Å². The van der Waals surface area contributed by atoms with Crippen LogP contribution in [0.15, 0.2) is 36.5 Å². The number of likely N-dealkylation sites (tertiary alicyclic amines) is 1. The Balaban J connectivity index is 1.58. The third-order valence-corrected chi connectivity index (χ3v) is 5.72. The number of piperidine rings is 1. The molecule has 30 heavy (non-hydrogen) atoms. The molecule has 1 saturated heterocycles. The number of hydrogen-bond acceptors (Lipinski definition) is 4. The van der Waals surface area contributed by atoms with Crippen LogP contribution >= 0.6 is 0 Å². The van der Waals surface area contributed by atoms with Crippen LogP contribution in [0.2, 0.25) is 0 Å². The van der Waals surface area contributed by atoms with Crippen LogP contribution in [0.25, 0.3) is 0 Å². The first-order valence-corrected chi connectivity index (χ1v) is 10.5. The number of nitrogens with zero attached hydrogens (tertiary/aromatic N) is 3. The molecular weight excluding hydrogens is 378 g/mol. The van der Waals surface area contributed by atoms with Gasteiger partial charge in [-0.1, -0.05) is 12.1 Å². The third kappa shape index (κ3) is 5.17. The summed E-state index contributed by atoms with van der Waals surface area (Å²) in [6, 6.07) is 9.83. The average Bonchev–Trinajstić information content (AvgIpc) is 2.77. The van der Waals surface area contributed by atoms with Crippen LogP contribution < -0.4 is 4.74 Å². The Hall–Kier alpha value is -2.89. The van der Waals surface area contributed by atoms with Gasteiger partial charge in [-0.2, -0.15) is 0 Å². The van der Waals surface area contributed by atoms with E-state index in [2.05, 4.69) is 11.1 Å². The van der Waals surface area contributed by atoms with E-state index in [1.165, 1.54) is 0 Å². The SMILES string of the molecule is COc1ccc(CCC(=O)N2CCC[C@@H](c3ccc(C(=O)N(C)C)cn3)C2)cc1C. The maximum atomic E-state index is 12.8. The smallest absolute Gasteiger partial charge is 0.254 e. The molecule has 1 atom stereocenters. The molecule has 1 aliphatic rings. The van der Waals surface area contributed by atoms with Gasteiger partial charge in [0, 0.05) is 51.4 Å². The zero-order valence-electron chi connectivity index (χ0n) is 18.4. The minimum Gasteiger partial charge on any atom is -0.496 e. The lowest BCUT2D eigenvalue weighted by molar-refractivity contribution is -0.132. The highest BCUT2D eigenvalue weighted by Crippen LogP contribution is 2.26. The molecule has 2 aromatic rings. The predicted octanol–water partition coefficient (Wildman–Crippen LogP) is 3.44. The van der Waals surface area contributed by atoms with Crippen LogP contribution in [0.3, 0.4) is 0 Å². The number of aryl methyl sites for hydroxylation is 2. The molecule has 160 valence electrons. The number of aromatic nitrogens is 1. The molecule has 2 amide bonds. The van der Waals surface area contributed by atoms with Crippen LogP contribution in [0.1, 0.15) is 52.4 Å². The first-order chi connectivity index (χ1) is 14.4. The van der Waals surface area contributed by atoms with Crippen molar-refractivity contribution in [1.82, 2.24) is 14.8 Å². The number of hydrogen-bond donors (Lipinski definition) is 0. The lowest BCUT2D eigenvalue weighted by atomic mass is 9.93. The van der Waals surface area contributed by atoms with E-state index in [1.807, 2.05) is 36.1 Å². The van der Waals surface area contributed by atoms with Crippen LogP contribution in [0.4, 0.5) is 0 Å². The van der Waals surface area contributed by atoms with Gasteiger partial charge < -0.3 is 14.5 Å². The van der Waals surface area contributed by atoms with E-state index < -0.39 is 0 Å². The second kappa shape index (κ2) is 9.74. The minimum atomic E-state index is -0.0525. The number of benzene rings is 1. The van der Waals surface area contributed by atoms with Gasteiger partial charge in [-0.05, 0) is 55.5 Å². The summed E-state index contributed by atoms with van der Waals surface area (Å²) in [6.45, 7) is 3.51. The van der Waals surface area contributed by atoms with Gasteiger partial charge in [0.1, 0.15) is 5.75 Å². The van der Waals surface area contributed by atoms with Gasteiger partial charge in [-0.15, -0.1) is 0 Å². The summed E-state index contributed by atoms with van der Waals surface area (Å²) in [4.78, 5) is 32.9. The molecule has 1 aromatic carbocycles. The summed E-state index contributed by atoms with van der Waals surface area (Å²) >= 11 is 0. The van der Waals surface area contributed by atoms with Gasteiger partial charge in [0.15, 0.2) is 0 Å². The summed E-state index contributed by atoms with van der Waals surface area (Å²) in [5.41, 5.74) is 3.77. The topological polar surface area (TPSA) is 62.7 Å². The van der Waals surface area contributed by atoms with E-state index in [-0.39, 0.29) is 17.7 Å². The number of rotatable bonds is 6. The lowest BCUT2D eigenvalue weighted by Gasteiger charge is -2.32. The maximum absolute atomic E-state index is 12.8. The Morgan fingerprint density at radius 3 is 2.67 bits per heavy atom. The molecular formula is C24H31N3O3. The summed E-state index contributed by atoms with van der Waals surface area (Å²) < 4.78 is 5.30. The van der Waals surface area contributed by atoms with Gasteiger partial charge in [0.25, 0.3) is 5.91 Å². The quantitative estimate of drug-likeness (QED) is 0.733. The number of carbonyl (C=O) groups is 2. The molecule has 0 spiro atoms.